The van der Waals surface area contributed by atoms with Gasteiger partial charge in [0.25, 0.3) is 0 Å². The van der Waals surface area contributed by atoms with Crippen molar-refractivity contribution in [2.24, 2.45) is 5.41 Å². The molecule has 9 nitrogen and oxygen atoms in total. The number of fused-ring (bicyclic) bond motifs is 3. The zero-order chi connectivity index (χ0) is 25.1. The lowest BCUT2D eigenvalue weighted by atomic mass is 9.80. The van der Waals surface area contributed by atoms with Crippen molar-refractivity contribution in [1.82, 2.24) is 20.2 Å². The van der Waals surface area contributed by atoms with Crippen molar-refractivity contribution in [2.75, 3.05) is 44.9 Å². The number of carbonyl (C=O) groups excluding carboxylic acids is 1. The molecule has 0 aromatic carbocycles. The Morgan fingerprint density at radius 3 is 2.86 bits per heavy atom. The number of hydrogen-bond donors (Lipinski definition) is 1. The summed E-state index contributed by atoms with van der Waals surface area (Å²) < 4.78 is 56.5. The van der Waals surface area contributed by atoms with Gasteiger partial charge in [-0.3, -0.25) is 4.79 Å². The molecule has 0 spiro atoms. The Morgan fingerprint density at radius 2 is 2.11 bits per heavy atom. The summed E-state index contributed by atoms with van der Waals surface area (Å²) in [7, 11) is 1.70. The van der Waals surface area contributed by atoms with Gasteiger partial charge in [0.2, 0.25) is 11.7 Å². The van der Waals surface area contributed by atoms with Gasteiger partial charge in [-0.15, -0.1) is 0 Å². The number of hydrogen-bond acceptors (Lipinski definition) is 8. The first-order valence-corrected chi connectivity index (χ1v) is 12.7. The Balaban J connectivity index is 1.13. The first-order valence-electron chi connectivity index (χ1n) is 12.7. The maximum absolute atomic E-state index is 14.0. The number of nitrogens with one attached hydrogen (secondary N) is 1. The molecule has 36 heavy (non-hydrogen) atoms. The number of rotatable bonds is 5. The van der Waals surface area contributed by atoms with Crippen LogP contribution in [0.5, 0.6) is 0 Å². The van der Waals surface area contributed by atoms with E-state index >= 15 is 0 Å². The van der Waals surface area contributed by atoms with E-state index < -0.39 is 17.4 Å². The fourth-order valence-electron chi connectivity index (χ4n) is 7.04. The van der Waals surface area contributed by atoms with Crippen LogP contribution < -0.4 is 10.2 Å². The van der Waals surface area contributed by atoms with E-state index in [2.05, 4.69) is 15.3 Å². The molecule has 4 saturated heterocycles. The van der Waals surface area contributed by atoms with Crippen LogP contribution >= 0.6 is 0 Å². The molecule has 0 radical (unpaired) electrons. The highest BCUT2D eigenvalue weighted by atomic mass is 19.4. The minimum atomic E-state index is -4.59. The van der Waals surface area contributed by atoms with Crippen LogP contribution in [0.2, 0.25) is 0 Å². The van der Waals surface area contributed by atoms with Crippen LogP contribution in [0.25, 0.3) is 0 Å². The number of carbonyl (C=O) groups is 1. The van der Waals surface area contributed by atoms with Gasteiger partial charge in [-0.05, 0) is 38.2 Å². The highest BCUT2D eigenvalue weighted by Gasteiger charge is 2.60. The van der Waals surface area contributed by atoms with E-state index in [-0.39, 0.29) is 48.1 Å². The molecule has 5 aliphatic rings. The maximum atomic E-state index is 14.0. The number of halogens is 3. The Labute approximate surface area is 207 Å². The average molecular weight is 512 g/mol. The molecule has 6 rings (SSSR count). The number of nitrogens with zero attached hydrogens (tertiary/aromatic N) is 4. The van der Waals surface area contributed by atoms with Crippen molar-refractivity contribution in [3.05, 3.63) is 18.1 Å². The van der Waals surface area contributed by atoms with Crippen LogP contribution in [0, 0.1) is 5.41 Å². The van der Waals surface area contributed by atoms with Crippen LogP contribution in [0.3, 0.4) is 0 Å². The summed E-state index contributed by atoms with van der Waals surface area (Å²) in [6, 6.07) is 1.77. The van der Waals surface area contributed by atoms with Crippen molar-refractivity contribution in [3.8, 4) is 0 Å². The molecule has 4 aliphatic heterocycles. The minimum absolute atomic E-state index is 0.00767. The SMILES string of the molecule is COC1COCCC1NC1CC2OCC[C@@]2(C(=O)N2C[C@@H]3CC2CN3c2ccnc(C(F)(F)F)n2)C1. The Kier molecular flexibility index (Phi) is 6.13. The average Bonchev–Trinajstić information content (AvgIpc) is 3.63. The summed E-state index contributed by atoms with van der Waals surface area (Å²) in [5.41, 5.74) is -0.543. The second kappa shape index (κ2) is 9.07. The number of anilines is 1. The number of aromatic nitrogens is 2. The normalized spacial score (nSPS) is 38.1. The van der Waals surface area contributed by atoms with Crippen LogP contribution in [-0.2, 0) is 25.2 Å². The summed E-state index contributed by atoms with van der Waals surface area (Å²) in [5, 5.41) is 3.73. The predicted molar refractivity (Wildman–Crippen MR) is 121 cm³/mol. The number of methoxy groups -OCH3 is 1. The Morgan fingerprint density at radius 1 is 1.25 bits per heavy atom. The van der Waals surface area contributed by atoms with Crippen LogP contribution in [0.15, 0.2) is 12.3 Å². The lowest BCUT2D eigenvalue weighted by Crippen LogP contribution is -2.55. The van der Waals surface area contributed by atoms with Crippen LogP contribution in [-0.4, -0.2) is 97.2 Å². The summed E-state index contributed by atoms with van der Waals surface area (Å²) in [4.78, 5) is 25.0. The topological polar surface area (TPSA) is 89.0 Å². The molecule has 5 unspecified atom stereocenters. The molecular formula is C24H32F3N5O4. The largest absolute Gasteiger partial charge is 0.451 e. The summed E-state index contributed by atoms with van der Waals surface area (Å²) in [6.45, 7) is 2.81. The third-order valence-corrected chi connectivity index (χ3v) is 8.77. The number of piperazine rings is 1. The van der Waals surface area contributed by atoms with Crippen molar-refractivity contribution in [3.63, 3.8) is 0 Å². The smallest absolute Gasteiger partial charge is 0.379 e. The van der Waals surface area contributed by atoms with E-state index in [0.717, 1.165) is 31.9 Å². The third-order valence-electron chi connectivity index (χ3n) is 8.77. The molecule has 1 aromatic rings. The van der Waals surface area contributed by atoms with Crippen molar-refractivity contribution in [1.29, 1.82) is 0 Å². The van der Waals surface area contributed by atoms with Gasteiger partial charge < -0.3 is 29.3 Å². The van der Waals surface area contributed by atoms with Crippen molar-refractivity contribution >= 4 is 11.7 Å². The second-order valence-corrected chi connectivity index (χ2v) is 10.7. The Bertz CT molecular complexity index is 999. The van der Waals surface area contributed by atoms with E-state index in [4.69, 9.17) is 14.2 Å². The summed E-state index contributed by atoms with van der Waals surface area (Å²) in [6.07, 6.45) is 0.254. The number of amides is 1. The lowest BCUT2D eigenvalue weighted by molar-refractivity contribution is -0.145. The monoisotopic (exact) mass is 511 g/mol. The summed E-state index contributed by atoms with van der Waals surface area (Å²) in [5.74, 6) is -0.730. The van der Waals surface area contributed by atoms with E-state index in [1.165, 1.54) is 6.07 Å². The molecule has 7 atom stereocenters. The van der Waals surface area contributed by atoms with Gasteiger partial charge in [-0.1, -0.05) is 0 Å². The van der Waals surface area contributed by atoms with Gasteiger partial charge in [0.1, 0.15) is 5.82 Å². The molecular weight excluding hydrogens is 479 g/mol. The van der Waals surface area contributed by atoms with E-state index in [0.29, 0.717) is 39.3 Å². The summed E-state index contributed by atoms with van der Waals surface area (Å²) >= 11 is 0. The molecule has 12 heteroatoms. The van der Waals surface area contributed by atoms with Gasteiger partial charge >= 0.3 is 6.18 Å². The quantitative estimate of drug-likeness (QED) is 0.638. The number of ether oxygens (including phenoxy) is 3. The van der Waals surface area contributed by atoms with E-state index in [1.54, 1.807) is 7.11 Å². The first-order chi connectivity index (χ1) is 17.3. The third kappa shape index (κ3) is 4.06. The van der Waals surface area contributed by atoms with Crippen molar-refractivity contribution in [2.45, 2.75) is 74.7 Å². The van der Waals surface area contributed by atoms with E-state index in [9.17, 15) is 18.0 Å². The molecule has 1 N–H and O–H groups in total. The molecule has 5 fully saturated rings. The standard InChI is InChI=1S/C24H32F3N5O4/c1-34-18-13-35-6-3-17(18)29-14-8-19-23(10-14,4-7-36-19)22(33)32-12-15-9-16(32)11-31(15)20-2-5-28-21(30-20)24(25,26)27/h2,5,14-19,29H,3-4,6-13H2,1H3/t14?,15-,16?,17?,18?,19?,23+/m0/s1. The van der Waals surface area contributed by atoms with Gasteiger partial charge in [0.15, 0.2) is 0 Å². The fourth-order valence-corrected chi connectivity index (χ4v) is 7.04. The predicted octanol–water partition coefficient (Wildman–Crippen LogP) is 1.62. The highest BCUT2D eigenvalue weighted by molar-refractivity contribution is 5.85. The minimum Gasteiger partial charge on any atom is -0.379 e. The zero-order valence-corrected chi connectivity index (χ0v) is 20.2. The maximum Gasteiger partial charge on any atom is 0.451 e. The lowest BCUT2D eigenvalue weighted by Gasteiger charge is -2.39. The van der Waals surface area contributed by atoms with Crippen LogP contribution in [0.1, 0.15) is 37.9 Å². The number of likely N-dealkylation sites (tertiary alicyclic amines) is 1. The van der Waals surface area contributed by atoms with Gasteiger partial charge in [0, 0.05) is 51.7 Å². The van der Waals surface area contributed by atoms with Crippen molar-refractivity contribution < 1.29 is 32.2 Å². The van der Waals surface area contributed by atoms with E-state index in [1.807, 2.05) is 9.80 Å². The van der Waals surface area contributed by atoms with Crippen LogP contribution in [0.4, 0.5) is 19.0 Å². The molecule has 2 bridgehead atoms. The molecule has 198 valence electrons. The van der Waals surface area contributed by atoms with Gasteiger partial charge in [-0.2, -0.15) is 13.2 Å². The Hall–Kier alpha value is -2.02. The molecule has 1 aromatic heterocycles. The van der Waals surface area contributed by atoms with Gasteiger partial charge in [0.05, 0.1) is 36.3 Å². The van der Waals surface area contributed by atoms with Gasteiger partial charge in [-0.25, -0.2) is 9.97 Å². The zero-order valence-electron chi connectivity index (χ0n) is 20.2. The molecule has 5 heterocycles. The molecule has 1 aliphatic carbocycles. The highest BCUT2D eigenvalue weighted by Crippen LogP contribution is 2.50. The molecule has 1 amide bonds. The number of alkyl halides is 3. The fraction of sp³-hybridized carbons (Fsp3) is 0.792. The molecule has 1 saturated carbocycles. The second-order valence-electron chi connectivity index (χ2n) is 10.7. The first kappa shape index (κ1) is 24.3.